The number of rotatable bonds is 7. The van der Waals surface area contributed by atoms with Crippen molar-refractivity contribution in [3.63, 3.8) is 0 Å². The minimum absolute atomic E-state index is 0.0378. The van der Waals surface area contributed by atoms with Crippen molar-refractivity contribution in [3.8, 4) is 0 Å². The van der Waals surface area contributed by atoms with Gasteiger partial charge in [0.15, 0.2) is 6.61 Å². The molecule has 0 unspecified atom stereocenters. The van der Waals surface area contributed by atoms with E-state index in [-0.39, 0.29) is 18.7 Å². The third kappa shape index (κ3) is 7.40. The van der Waals surface area contributed by atoms with Crippen LogP contribution in [0.4, 0.5) is 11.4 Å². The highest BCUT2D eigenvalue weighted by molar-refractivity contribution is 9.10. The van der Waals surface area contributed by atoms with Gasteiger partial charge in [-0.1, -0.05) is 33.6 Å². The minimum Gasteiger partial charge on any atom is -0.456 e. The van der Waals surface area contributed by atoms with Crippen molar-refractivity contribution < 1.29 is 19.1 Å². The number of carbonyl (C=O) groups excluding carboxylic acids is 3. The Morgan fingerprint density at radius 3 is 2.41 bits per heavy atom. The van der Waals surface area contributed by atoms with Crippen molar-refractivity contribution in [2.75, 3.05) is 17.2 Å². The zero-order chi connectivity index (χ0) is 19.8. The zero-order valence-electron chi connectivity index (χ0n) is 14.6. The monoisotopic (exact) mass is 452 g/mol. The maximum absolute atomic E-state index is 11.9. The maximum Gasteiger partial charge on any atom is 0.306 e. The number of anilines is 2. The number of hydrogen-bond donors (Lipinski definition) is 2. The molecule has 6 nitrogen and oxygen atoms in total. The Labute approximate surface area is 170 Å². The van der Waals surface area contributed by atoms with E-state index in [1.54, 1.807) is 42.5 Å². The average molecular weight is 454 g/mol. The van der Waals surface area contributed by atoms with Crippen molar-refractivity contribution in [1.82, 2.24) is 0 Å². The number of carbonyl (C=O) groups is 3. The third-order valence-corrected chi connectivity index (χ3v) is 4.29. The molecule has 0 aliphatic rings. The summed E-state index contributed by atoms with van der Waals surface area (Å²) in [7, 11) is 0. The van der Waals surface area contributed by atoms with Gasteiger partial charge < -0.3 is 15.4 Å². The molecule has 0 atom stereocenters. The van der Waals surface area contributed by atoms with E-state index in [2.05, 4.69) is 26.6 Å². The normalized spacial score (nSPS) is 10.2. The Morgan fingerprint density at radius 2 is 1.70 bits per heavy atom. The van der Waals surface area contributed by atoms with Crippen molar-refractivity contribution in [3.05, 3.63) is 57.5 Å². The fourth-order valence-electron chi connectivity index (χ4n) is 2.11. The Bertz CT molecular complexity index is 840. The Hall–Kier alpha value is -2.38. The molecule has 0 aliphatic heterocycles. The number of esters is 1. The van der Waals surface area contributed by atoms with Gasteiger partial charge in [0.2, 0.25) is 5.91 Å². The molecule has 0 radical (unpaired) electrons. The Morgan fingerprint density at radius 1 is 1.00 bits per heavy atom. The molecule has 0 saturated carbocycles. The summed E-state index contributed by atoms with van der Waals surface area (Å²) in [6.45, 7) is 1.39. The molecule has 0 fully saturated rings. The molecule has 0 spiro atoms. The van der Waals surface area contributed by atoms with Crippen LogP contribution in [0.2, 0.25) is 5.02 Å². The lowest BCUT2D eigenvalue weighted by Gasteiger charge is -2.09. The number of aryl methyl sites for hydroxylation is 1. The lowest BCUT2D eigenvalue weighted by Crippen LogP contribution is -2.22. The van der Waals surface area contributed by atoms with Crippen molar-refractivity contribution in [2.45, 2.75) is 19.8 Å². The number of halogens is 2. The van der Waals surface area contributed by atoms with Gasteiger partial charge in [-0.15, -0.1) is 0 Å². The summed E-state index contributed by atoms with van der Waals surface area (Å²) in [5.74, 6) is -1.42. The van der Waals surface area contributed by atoms with Crippen LogP contribution in [-0.4, -0.2) is 24.4 Å². The molecule has 0 aromatic heterocycles. The lowest BCUT2D eigenvalue weighted by atomic mass is 10.2. The molecule has 2 aromatic carbocycles. The molecular formula is C19H18BrClN2O4. The number of ether oxygens (including phenoxy) is 1. The van der Waals surface area contributed by atoms with Crippen molar-refractivity contribution in [2.24, 2.45) is 0 Å². The fourth-order valence-corrected chi connectivity index (χ4v) is 2.54. The molecule has 2 N–H and O–H groups in total. The number of nitrogens with one attached hydrogen (secondary N) is 2. The van der Waals surface area contributed by atoms with Gasteiger partial charge in [0, 0.05) is 27.3 Å². The second-order valence-corrected chi connectivity index (χ2v) is 7.08. The molecule has 0 aliphatic carbocycles. The molecule has 0 bridgehead atoms. The maximum atomic E-state index is 11.9. The van der Waals surface area contributed by atoms with Gasteiger partial charge in [0.25, 0.3) is 5.91 Å². The first-order valence-electron chi connectivity index (χ1n) is 8.10. The number of hydrogen-bond acceptors (Lipinski definition) is 4. The second-order valence-electron chi connectivity index (χ2n) is 5.72. The van der Waals surface area contributed by atoms with E-state index < -0.39 is 18.5 Å². The molecule has 8 heteroatoms. The number of amides is 2. The van der Waals surface area contributed by atoms with E-state index in [1.807, 2.05) is 6.92 Å². The largest absolute Gasteiger partial charge is 0.456 e. The van der Waals surface area contributed by atoms with Crippen LogP contribution in [0.25, 0.3) is 0 Å². The molecule has 2 aromatic rings. The van der Waals surface area contributed by atoms with E-state index in [0.717, 1.165) is 10.0 Å². The smallest absolute Gasteiger partial charge is 0.306 e. The van der Waals surface area contributed by atoms with Crippen LogP contribution in [0.3, 0.4) is 0 Å². The van der Waals surface area contributed by atoms with Crippen LogP contribution in [0.1, 0.15) is 18.4 Å². The van der Waals surface area contributed by atoms with Crippen molar-refractivity contribution >= 4 is 56.7 Å². The van der Waals surface area contributed by atoms with Gasteiger partial charge >= 0.3 is 5.97 Å². The Kier molecular flexibility index (Phi) is 7.82. The molecule has 0 saturated heterocycles. The average Bonchev–Trinajstić information content (AvgIpc) is 2.63. The second kappa shape index (κ2) is 10.1. The van der Waals surface area contributed by atoms with Gasteiger partial charge in [-0.25, -0.2) is 0 Å². The highest BCUT2D eigenvalue weighted by Crippen LogP contribution is 2.20. The predicted octanol–water partition coefficient (Wildman–Crippen LogP) is 4.31. The van der Waals surface area contributed by atoms with Crippen LogP contribution < -0.4 is 10.6 Å². The standard InChI is InChI=1S/C19H18BrClN2O4/c1-12-2-5-14(21)10-16(12)23-18(25)11-27-19(26)9-8-17(24)22-15-6-3-13(20)4-7-15/h2-7,10H,8-9,11H2,1H3,(H,22,24)(H,23,25). The van der Waals surface area contributed by atoms with E-state index in [9.17, 15) is 14.4 Å². The summed E-state index contributed by atoms with van der Waals surface area (Å²) in [6, 6.07) is 12.2. The van der Waals surface area contributed by atoms with E-state index in [1.165, 1.54) is 0 Å². The molecule has 142 valence electrons. The van der Waals surface area contributed by atoms with E-state index in [4.69, 9.17) is 16.3 Å². The highest BCUT2D eigenvalue weighted by Gasteiger charge is 2.12. The van der Waals surface area contributed by atoms with Crippen LogP contribution in [-0.2, 0) is 19.1 Å². The number of benzene rings is 2. The zero-order valence-corrected chi connectivity index (χ0v) is 16.9. The van der Waals surface area contributed by atoms with Gasteiger partial charge in [-0.3, -0.25) is 14.4 Å². The summed E-state index contributed by atoms with van der Waals surface area (Å²) in [4.78, 5) is 35.4. The van der Waals surface area contributed by atoms with Gasteiger partial charge in [-0.05, 0) is 48.9 Å². The van der Waals surface area contributed by atoms with Crippen LogP contribution in [0, 0.1) is 6.92 Å². The van der Waals surface area contributed by atoms with Gasteiger partial charge in [0.1, 0.15) is 0 Å². The first-order valence-corrected chi connectivity index (χ1v) is 9.27. The van der Waals surface area contributed by atoms with Crippen LogP contribution >= 0.6 is 27.5 Å². The highest BCUT2D eigenvalue weighted by atomic mass is 79.9. The summed E-state index contributed by atoms with van der Waals surface area (Å²) < 4.78 is 5.79. The predicted molar refractivity (Wildman–Crippen MR) is 108 cm³/mol. The Balaban J connectivity index is 1.70. The van der Waals surface area contributed by atoms with E-state index >= 15 is 0 Å². The third-order valence-electron chi connectivity index (χ3n) is 3.52. The first-order chi connectivity index (χ1) is 12.8. The molecule has 2 rings (SSSR count). The summed E-state index contributed by atoms with van der Waals surface area (Å²) >= 11 is 9.19. The first kappa shape index (κ1) is 20.9. The van der Waals surface area contributed by atoms with E-state index in [0.29, 0.717) is 16.4 Å². The van der Waals surface area contributed by atoms with Crippen molar-refractivity contribution in [1.29, 1.82) is 0 Å². The van der Waals surface area contributed by atoms with Crippen LogP contribution in [0.15, 0.2) is 46.9 Å². The summed E-state index contributed by atoms with van der Waals surface area (Å²) in [6.07, 6.45) is -0.157. The molecule has 0 heterocycles. The van der Waals surface area contributed by atoms with Crippen LogP contribution in [0.5, 0.6) is 0 Å². The lowest BCUT2D eigenvalue weighted by molar-refractivity contribution is -0.147. The SMILES string of the molecule is Cc1ccc(Cl)cc1NC(=O)COC(=O)CCC(=O)Nc1ccc(Br)cc1. The topological polar surface area (TPSA) is 84.5 Å². The summed E-state index contributed by atoms with van der Waals surface area (Å²) in [5.41, 5.74) is 2.02. The molecule has 27 heavy (non-hydrogen) atoms. The van der Waals surface area contributed by atoms with Gasteiger partial charge in [-0.2, -0.15) is 0 Å². The molecule has 2 amide bonds. The summed E-state index contributed by atoms with van der Waals surface area (Å²) in [5, 5.41) is 5.79. The minimum atomic E-state index is -0.626. The quantitative estimate of drug-likeness (QED) is 0.612. The van der Waals surface area contributed by atoms with Gasteiger partial charge in [0.05, 0.1) is 6.42 Å². The molecular weight excluding hydrogens is 436 g/mol. The fraction of sp³-hybridized carbons (Fsp3) is 0.211.